The van der Waals surface area contributed by atoms with Crippen molar-refractivity contribution in [1.29, 1.82) is 0 Å². The van der Waals surface area contributed by atoms with Gasteiger partial charge in [-0.3, -0.25) is 47.9 Å². The van der Waals surface area contributed by atoms with Crippen LogP contribution in [0.25, 0.3) is 11.1 Å². The standard InChI is InChI=1S/C67H94N12O16/c1-18-19-24-42-68-51-45(59(83)73-49-38(13)93-67(91)54(34(8)9)77(17)44(81)30-75(15)63(87)41-23-21-28-79(41)65(89)47(32(4)5)71-61(49)85)52-57(36(11)56(51)94-42)95-55-35(10)25-26-39(50(55)69-52)58(82)72-48-37(12)92-66(90)53(33(6)7)76(16)43(80)29-74(14)62(86)40-22-20-27-78(40)64(88)46(31(2)3)70-60(48)84/h25-26,31-34,37-38,40-41,46-49,53-54,69H,18-24,27-30H2,1-17H3,(H,70,84)(H,71,85)(H,72,82)(H,73,83). The lowest BCUT2D eigenvalue weighted by molar-refractivity contribution is -0.163. The molecular formula is C67H94N12O16. The molecule has 0 bridgehead atoms. The number of anilines is 2. The Bertz CT molecular complexity index is 3550. The predicted octanol–water partition coefficient (Wildman–Crippen LogP) is 3.87. The van der Waals surface area contributed by atoms with Crippen LogP contribution in [0, 0.1) is 37.5 Å². The molecule has 5 aliphatic rings. The molecule has 0 aliphatic carbocycles. The van der Waals surface area contributed by atoms with Crippen LogP contribution >= 0.6 is 0 Å². The van der Waals surface area contributed by atoms with E-state index in [0.717, 1.165) is 6.42 Å². The number of hydrogen-bond acceptors (Lipinski definition) is 18. The van der Waals surface area contributed by atoms with Crippen LogP contribution in [-0.2, 0) is 63.8 Å². The van der Waals surface area contributed by atoms with E-state index in [1.807, 2.05) is 6.92 Å². The number of amides is 10. The van der Waals surface area contributed by atoms with E-state index in [2.05, 4.69) is 26.6 Å². The van der Waals surface area contributed by atoms with Crippen molar-refractivity contribution in [2.45, 2.75) is 195 Å². The van der Waals surface area contributed by atoms with Crippen molar-refractivity contribution in [3.63, 3.8) is 0 Å². The van der Waals surface area contributed by atoms with E-state index in [9.17, 15) is 38.4 Å². The highest BCUT2D eigenvalue weighted by atomic mass is 16.6. The highest BCUT2D eigenvalue weighted by Gasteiger charge is 2.47. The number of fused-ring (bicyclic) bond motifs is 5. The van der Waals surface area contributed by atoms with Crippen LogP contribution in [0.2, 0.25) is 0 Å². The monoisotopic (exact) mass is 1320 g/mol. The second-order valence-corrected chi connectivity index (χ2v) is 27.3. The third kappa shape index (κ3) is 14.7. The summed E-state index contributed by atoms with van der Waals surface area (Å²) in [6.45, 7) is 21.3. The van der Waals surface area contributed by atoms with Crippen molar-refractivity contribution < 1.29 is 76.2 Å². The Morgan fingerprint density at radius 1 is 0.621 bits per heavy atom. The van der Waals surface area contributed by atoms with Gasteiger partial charge in [-0.2, -0.15) is 0 Å². The molecule has 4 fully saturated rings. The number of unbranched alkanes of at least 4 members (excludes halogenated alkanes) is 1. The number of aryl methyl sites for hydroxylation is 3. The smallest absolute Gasteiger partial charge is 0.329 e. The molecule has 0 spiro atoms. The summed E-state index contributed by atoms with van der Waals surface area (Å²) < 4.78 is 25.3. The minimum atomic E-state index is -1.79. The number of benzene rings is 2. The van der Waals surface area contributed by atoms with Gasteiger partial charge in [0.25, 0.3) is 11.8 Å². The SMILES string of the molecule is CCCCc1nc2c(C(=O)NC3C(=O)NC(C(C)C)C(=O)N4CCCC4C(=O)N(C)CC(=O)N(C)C(C(C)C)C(=O)OC3C)c3c(c(C)c2o1)Oc1c(C)ccc(C(=O)NC2C(=O)NC(C(C)C)C(=O)N4CCCC4C(=O)N(C)CC(=O)N(C)C(C(C)C)C(=O)OC2C)c1N3. The number of hydrogen-bond donors (Lipinski definition) is 5. The molecule has 0 radical (unpaired) electrons. The molecule has 1 aromatic heterocycles. The molecule has 5 N–H and O–H groups in total. The molecule has 95 heavy (non-hydrogen) atoms. The first kappa shape index (κ1) is 72.0. The molecule has 3 aromatic rings. The fourth-order valence-electron chi connectivity index (χ4n) is 13.2. The largest absolute Gasteiger partial charge is 0.458 e. The third-order valence-electron chi connectivity index (χ3n) is 18.7. The fourth-order valence-corrected chi connectivity index (χ4v) is 13.2. The highest BCUT2D eigenvalue weighted by molar-refractivity contribution is 6.15. The van der Waals surface area contributed by atoms with Gasteiger partial charge in [0.2, 0.25) is 47.3 Å². The normalized spacial score (nSPS) is 25.7. The molecule has 10 amide bonds. The number of rotatable bonds is 11. The molecule has 28 heteroatoms. The summed E-state index contributed by atoms with van der Waals surface area (Å²) in [4.78, 5) is 188. The molecule has 2 aromatic carbocycles. The molecular weight excluding hydrogens is 1230 g/mol. The van der Waals surface area contributed by atoms with Gasteiger partial charge in [-0.05, 0) is 95.1 Å². The molecule has 0 saturated carbocycles. The average Bonchev–Trinajstić information content (AvgIpc) is 1.72. The molecule has 10 unspecified atom stereocenters. The van der Waals surface area contributed by atoms with Gasteiger partial charge in [-0.25, -0.2) is 14.6 Å². The first-order valence-electron chi connectivity index (χ1n) is 33.0. The first-order valence-corrected chi connectivity index (χ1v) is 33.0. The van der Waals surface area contributed by atoms with Crippen molar-refractivity contribution in [2.75, 3.05) is 59.7 Å². The zero-order valence-corrected chi connectivity index (χ0v) is 57.7. The fraction of sp³-hybridized carbons (Fsp3) is 0.627. The number of oxazole rings is 1. The number of nitrogens with zero attached hydrogens (tertiary/aromatic N) is 7. The van der Waals surface area contributed by atoms with E-state index in [4.69, 9.17) is 23.6 Å². The third-order valence-corrected chi connectivity index (χ3v) is 18.7. The van der Waals surface area contributed by atoms with E-state index in [0.29, 0.717) is 49.7 Å². The summed E-state index contributed by atoms with van der Waals surface area (Å²) in [7, 11) is 5.69. The minimum absolute atomic E-state index is 0.00239. The maximum absolute atomic E-state index is 15.8. The summed E-state index contributed by atoms with van der Waals surface area (Å²) >= 11 is 0. The topological polar surface area (TPSA) is 338 Å². The molecule has 6 heterocycles. The van der Waals surface area contributed by atoms with Gasteiger partial charge in [-0.1, -0.05) is 74.8 Å². The van der Waals surface area contributed by atoms with Gasteiger partial charge in [-0.15, -0.1) is 0 Å². The Balaban J connectivity index is 1.21. The summed E-state index contributed by atoms with van der Waals surface area (Å²) in [5.41, 5.74) is 0.497. The lowest BCUT2D eigenvalue weighted by atomic mass is 9.98. The number of ether oxygens (including phenoxy) is 3. The van der Waals surface area contributed by atoms with Gasteiger partial charge in [0.1, 0.15) is 66.1 Å². The molecule has 5 aliphatic heterocycles. The summed E-state index contributed by atoms with van der Waals surface area (Å²) in [6.07, 6.45) is 0.281. The second-order valence-electron chi connectivity index (χ2n) is 27.3. The Morgan fingerprint density at radius 2 is 1.08 bits per heavy atom. The zero-order valence-electron chi connectivity index (χ0n) is 57.7. The maximum atomic E-state index is 15.8. The van der Waals surface area contributed by atoms with E-state index in [1.165, 1.54) is 77.5 Å². The Labute approximate surface area is 553 Å². The van der Waals surface area contributed by atoms with Gasteiger partial charge in [0.15, 0.2) is 23.0 Å². The highest BCUT2D eigenvalue weighted by Crippen LogP contribution is 2.51. The number of carbonyl (C=O) groups excluding carboxylic acids is 12. The van der Waals surface area contributed by atoms with Crippen molar-refractivity contribution >= 4 is 93.5 Å². The van der Waals surface area contributed by atoms with Crippen molar-refractivity contribution in [1.82, 2.24) is 55.7 Å². The predicted molar refractivity (Wildman–Crippen MR) is 347 cm³/mol. The van der Waals surface area contributed by atoms with Crippen LogP contribution in [0.1, 0.15) is 152 Å². The van der Waals surface area contributed by atoms with Crippen LogP contribution in [-0.4, -0.2) is 220 Å². The van der Waals surface area contributed by atoms with Crippen molar-refractivity contribution in [3.05, 3.63) is 40.3 Å². The van der Waals surface area contributed by atoms with Gasteiger partial charge in [0, 0.05) is 53.3 Å². The van der Waals surface area contributed by atoms with Crippen LogP contribution in [0.4, 0.5) is 11.4 Å². The average molecular weight is 1320 g/mol. The van der Waals surface area contributed by atoms with E-state index >= 15 is 19.2 Å². The molecule has 10 atom stereocenters. The zero-order chi connectivity index (χ0) is 70.1. The Hall–Kier alpha value is -8.85. The lowest BCUT2D eigenvalue weighted by Crippen LogP contribution is -2.61. The van der Waals surface area contributed by atoms with Gasteiger partial charge >= 0.3 is 11.9 Å². The molecule has 8 rings (SSSR count). The van der Waals surface area contributed by atoms with Crippen molar-refractivity contribution in [2.24, 2.45) is 23.7 Å². The lowest BCUT2D eigenvalue weighted by Gasteiger charge is -2.36. The summed E-state index contributed by atoms with van der Waals surface area (Å²) in [5, 5.41) is 14.5. The summed E-state index contributed by atoms with van der Waals surface area (Å²) in [5.74, 6) is -10.9. The number of aromatic nitrogens is 1. The quantitative estimate of drug-likeness (QED) is 0.133. The van der Waals surface area contributed by atoms with Crippen LogP contribution in [0.5, 0.6) is 11.5 Å². The van der Waals surface area contributed by atoms with Crippen LogP contribution in [0.3, 0.4) is 0 Å². The second kappa shape index (κ2) is 29.4. The van der Waals surface area contributed by atoms with E-state index in [-0.39, 0.29) is 64.1 Å². The van der Waals surface area contributed by atoms with E-state index in [1.54, 1.807) is 75.3 Å². The number of likely N-dealkylation sites (N-methyl/N-ethyl adjacent to an activating group) is 4. The van der Waals surface area contributed by atoms with Crippen molar-refractivity contribution in [3.8, 4) is 11.5 Å². The Kier molecular flexibility index (Phi) is 22.3. The van der Waals surface area contributed by atoms with Gasteiger partial charge in [0.05, 0.1) is 35.6 Å². The molecule has 28 nitrogen and oxygen atoms in total. The summed E-state index contributed by atoms with van der Waals surface area (Å²) in [6, 6.07) is -7.39. The number of cyclic esters (lactones) is 2. The van der Waals surface area contributed by atoms with Crippen LogP contribution < -0.4 is 31.3 Å². The number of carbonyl (C=O) groups is 12. The first-order chi connectivity index (χ1) is 44.7. The molecule has 4 saturated heterocycles. The Morgan fingerprint density at radius 3 is 1.53 bits per heavy atom. The van der Waals surface area contributed by atoms with Gasteiger partial charge < -0.3 is 74.6 Å². The minimum Gasteiger partial charge on any atom is -0.458 e. The van der Waals surface area contributed by atoms with Crippen LogP contribution in [0.15, 0.2) is 16.5 Å². The number of nitrogens with one attached hydrogen (secondary N) is 5. The van der Waals surface area contributed by atoms with E-state index < -0.39 is 168 Å². The number of esters is 2. The maximum Gasteiger partial charge on any atom is 0.329 e. The molecule has 518 valence electrons.